The van der Waals surface area contributed by atoms with Crippen LogP contribution in [0.15, 0.2) is 30.0 Å². The van der Waals surface area contributed by atoms with Crippen molar-refractivity contribution in [2.24, 2.45) is 0 Å². The number of hydrogen-bond donors (Lipinski definition) is 1. The summed E-state index contributed by atoms with van der Waals surface area (Å²) in [5, 5.41) is 2.45. The maximum Gasteiger partial charge on any atom is 0.329 e. The summed E-state index contributed by atoms with van der Waals surface area (Å²) in [5.41, 5.74) is 1.93. The molecular weight excluding hydrogens is 286 g/mol. The monoisotopic (exact) mass is 303 g/mol. The van der Waals surface area contributed by atoms with Crippen LogP contribution in [0.1, 0.15) is 5.56 Å². The minimum absolute atomic E-state index is 0.131. The van der Waals surface area contributed by atoms with Crippen molar-refractivity contribution < 1.29 is 19.1 Å². The van der Waals surface area contributed by atoms with Crippen LogP contribution in [0, 0.1) is 0 Å². The Kier molecular flexibility index (Phi) is 4.45. The van der Waals surface area contributed by atoms with Gasteiger partial charge in [0, 0.05) is 19.8 Å². The molecule has 116 valence electrons. The van der Waals surface area contributed by atoms with Gasteiger partial charge in [-0.05, 0) is 23.8 Å². The number of anilines is 1. The Morgan fingerprint density at radius 3 is 2.45 bits per heavy atom. The fraction of sp³-hybridized carbons (Fsp3) is 0.267. The molecule has 1 aliphatic heterocycles. The van der Waals surface area contributed by atoms with Crippen LogP contribution in [0.4, 0.5) is 10.5 Å². The van der Waals surface area contributed by atoms with E-state index in [1.54, 1.807) is 6.08 Å². The summed E-state index contributed by atoms with van der Waals surface area (Å²) in [6, 6.07) is 6.85. The third-order valence-corrected chi connectivity index (χ3v) is 3.20. The molecule has 1 aliphatic rings. The van der Waals surface area contributed by atoms with Crippen LogP contribution in [0.2, 0.25) is 0 Å². The lowest BCUT2D eigenvalue weighted by atomic mass is 10.1. The third kappa shape index (κ3) is 3.25. The quantitative estimate of drug-likeness (QED) is 0.506. The zero-order valence-corrected chi connectivity index (χ0v) is 12.6. The first-order chi connectivity index (χ1) is 10.4. The number of nitrogens with zero attached hydrogens (tertiary/aromatic N) is 2. The summed E-state index contributed by atoms with van der Waals surface area (Å²) >= 11 is 0. The summed E-state index contributed by atoms with van der Waals surface area (Å²) < 4.78 is 4.46. The maximum atomic E-state index is 12.1. The minimum atomic E-state index is -0.653. The number of methoxy groups -OCH3 is 1. The SMILES string of the molecule is COC(=O)CN1C(=O)NC(=Cc2ccc(N(C)C)cc2)C1=O. The highest BCUT2D eigenvalue weighted by molar-refractivity contribution is 6.15. The van der Waals surface area contributed by atoms with Gasteiger partial charge in [0.05, 0.1) is 7.11 Å². The van der Waals surface area contributed by atoms with Crippen LogP contribution in [0.3, 0.4) is 0 Å². The highest BCUT2D eigenvalue weighted by Crippen LogP contribution is 2.17. The van der Waals surface area contributed by atoms with Crippen LogP contribution in [-0.4, -0.2) is 50.6 Å². The normalized spacial score (nSPS) is 16.0. The number of carbonyl (C=O) groups is 3. The molecule has 1 aromatic rings. The number of ether oxygens (including phenoxy) is 1. The molecule has 1 saturated heterocycles. The van der Waals surface area contributed by atoms with Gasteiger partial charge in [-0.25, -0.2) is 9.69 Å². The molecule has 7 heteroatoms. The first-order valence-electron chi connectivity index (χ1n) is 6.61. The number of rotatable bonds is 4. The largest absolute Gasteiger partial charge is 0.468 e. The Bertz CT molecular complexity index is 635. The number of hydrogen-bond acceptors (Lipinski definition) is 5. The minimum Gasteiger partial charge on any atom is -0.468 e. The van der Waals surface area contributed by atoms with Gasteiger partial charge in [-0.3, -0.25) is 9.59 Å². The van der Waals surface area contributed by atoms with Gasteiger partial charge in [0.25, 0.3) is 5.91 Å². The Balaban J connectivity index is 2.17. The molecule has 3 amide bonds. The summed E-state index contributed by atoms with van der Waals surface area (Å²) in [6.45, 7) is -0.405. The number of esters is 1. The Morgan fingerprint density at radius 1 is 1.27 bits per heavy atom. The second kappa shape index (κ2) is 6.30. The fourth-order valence-corrected chi connectivity index (χ4v) is 1.94. The van der Waals surface area contributed by atoms with Crippen molar-refractivity contribution in [2.45, 2.75) is 0 Å². The van der Waals surface area contributed by atoms with E-state index in [-0.39, 0.29) is 5.70 Å². The van der Waals surface area contributed by atoms with Crippen LogP contribution in [-0.2, 0) is 14.3 Å². The average Bonchev–Trinajstić information content (AvgIpc) is 2.75. The fourth-order valence-electron chi connectivity index (χ4n) is 1.94. The standard InChI is InChI=1S/C15H17N3O4/c1-17(2)11-6-4-10(5-7-11)8-12-14(20)18(15(21)16-12)9-13(19)22-3/h4-8H,9H2,1-3H3,(H,16,21). The van der Waals surface area contributed by atoms with Crippen molar-refractivity contribution in [2.75, 3.05) is 32.6 Å². The van der Waals surface area contributed by atoms with E-state index in [0.717, 1.165) is 16.2 Å². The molecule has 7 nitrogen and oxygen atoms in total. The van der Waals surface area contributed by atoms with E-state index in [1.165, 1.54) is 7.11 Å². The summed E-state index contributed by atoms with van der Waals surface area (Å²) in [5.74, 6) is -1.20. The number of nitrogens with one attached hydrogen (secondary N) is 1. The number of benzene rings is 1. The Morgan fingerprint density at radius 2 is 1.91 bits per heavy atom. The number of carbonyl (C=O) groups excluding carboxylic acids is 3. The molecule has 2 rings (SSSR count). The van der Waals surface area contributed by atoms with Crippen LogP contribution >= 0.6 is 0 Å². The smallest absolute Gasteiger partial charge is 0.329 e. The number of amides is 3. The molecule has 1 heterocycles. The first-order valence-corrected chi connectivity index (χ1v) is 6.61. The molecule has 0 radical (unpaired) electrons. The van der Waals surface area contributed by atoms with Gasteiger partial charge in [0.15, 0.2) is 0 Å². The molecule has 0 unspecified atom stereocenters. The summed E-state index contributed by atoms with van der Waals surface area (Å²) in [6.07, 6.45) is 1.57. The topological polar surface area (TPSA) is 79.0 Å². The second-order valence-corrected chi connectivity index (χ2v) is 4.94. The van der Waals surface area contributed by atoms with E-state index < -0.39 is 24.5 Å². The van der Waals surface area contributed by atoms with Crippen molar-refractivity contribution in [1.82, 2.24) is 10.2 Å². The van der Waals surface area contributed by atoms with E-state index >= 15 is 0 Å². The number of imide groups is 1. The molecule has 22 heavy (non-hydrogen) atoms. The second-order valence-electron chi connectivity index (χ2n) is 4.94. The lowest BCUT2D eigenvalue weighted by Crippen LogP contribution is -2.36. The van der Waals surface area contributed by atoms with Crippen molar-refractivity contribution in [3.63, 3.8) is 0 Å². The van der Waals surface area contributed by atoms with E-state index in [2.05, 4.69) is 10.1 Å². The predicted octanol–water partition coefficient (Wildman–Crippen LogP) is 0.818. The van der Waals surface area contributed by atoms with Crippen LogP contribution < -0.4 is 10.2 Å². The highest BCUT2D eigenvalue weighted by Gasteiger charge is 2.35. The molecule has 1 aromatic carbocycles. The lowest BCUT2D eigenvalue weighted by molar-refractivity contribution is -0.143. The zero-order valence-electron chi connectivity index (χ0n) is 12.6. The van der Waals surface area contributed by atoms with E-state index in [4.69, 9.17) is 0 Å². The Labute approximate surface area is 128 Å². The predicted molar refractivity (Wildman–Crippen MR) is 81.0 cm³/mol. The molecule has 0 atom stereocenters. The van der Waals surface area contributed by atoms with Gasteiger partial charge in [-0.15, -0.1) is 0 Å². The van der Waals surface area contributed by atoms with Crippen molar-refractivity contribution in [3.8, 4) is 0 Å². The van der Waals surface area contributed by atoms with Crippen LogP contribution in [0.25, 0.3) is 6.08 Å². The molecule has 1 fully saturated rings. The molecule has 1 N–H and O–H groups in total. The van der Waals surface area contributed by atoms with Gasteiger partial charge < -0.3 is 15.0 Å². The van der Waals surface area contributed by atoms with Crippen molar-refractivity contribution in [1.29, 1.82) is 0 Å². The van der Waals surface area contributed by atoms with Crippen LogP contribution in [0.5, 0.6) is 0 Å². The van der Waals surface area contributed by atoms with Gasteiger partial charge in [0.2, 0.25) is 0 Å². The highest BCUT2D eigenvalue weighted by atomic mass is 16.5. The molecule has 0 aromatic heterocycles. The van der Waals surface area contributed by atoms with Gasteiger partial charge >= 0.3 is 12.0 Å². The van der Waals surface area contributed by atoms with Gasteiger partial charge in [0.1, 0.15) is 12.2 Å². The van der Waals surface area contributed by atoms with E-state index in [1.807, 2.05) is 43.3 Å². The molecule has 0 spiro atoms. The molecule has 0 aliphatic carbocycles. The maximum absolute atomic E-state index is 12.1. The van der Waals surface area contributed by atoms with Gasteiger partial charge in [-0.2, -0.15) is 0 Å². The van der Waals surface area contributed by atoms with Crippen molar-refractivity contribution >= 4 is 29.7 Å². The van der Waals surface area contributed by atoms with Gasteiger partial charge in [-0.1, -0.05) is 12.1 Å². The first kappa shape index (κ1) is 15.6. The summed E-state index contributed by atoms with van der Waals surface area (Å²) in [4.78, 5) is 37.8. The number of urea groups is 1. The zero-order chi connectivity index (χ0) is 16.3. The third-order valence-electron chi connectivity index (χ3n) is 3.20. The van der Waals surface area contributed by atoms with Crippen molar-refractivity contribution in [3.05, 3.63) is 35.5 Å². The lowest BCUT2D eigenvalue weighted by Gasteiger charge is -2.11. The molecule has 0 bridgehead atoms. The summed E-state index contributed by atoms with van der Waals surface area (Å²) in [7, 11) is 5.06. The average molecular weight is 303 g/mol. The molecular formula is C15H17N3O4. The molecule has 0 saturated carbocycles. The Hall–Kier alpha value is -2.83. The van der Waals surface area contributed by atoms with E-state index in [9.17, 15) is 14.4 Å². The van der Waals surface area contributed by atoms with E-state index in [0.29, 0.717) is 0 Å².